The van der Waals surface area contributed by atoms with Gasteiger partial charge in [0.1, 0.15) is 0 Å². The Morgan fingerprint density at radius 1 is 1.75 bits per heavy atom. The molecule has 0 bridgehead atoms. The molecule has 0 aromatic heterocycles. The molecule has 0 spiro atoms. The number of hydrogen-bond donors (Lipinski definition) is 0. The molecule has 0 radical (unpaired) electrons. The number of hydrogen-bond acceptors (Lipinski definition) is 2. The zero-order valence-corrected chi connectivity index (χ0v) is 5.33. The van der Waals surface area contributed by atoms with Crippen molar-refractivity contribution in [1.82, 2.24) is 0 Å². The van der Waals surface area contributed by atoms with E-state index in [0.717, 1.165) is 0 Å². The fourth-order valence-corrected chi connectivity index (χ4v) is 0.470. The van der Waals surface area contributed by atoms with Crippen LogP contribution < -0.4 is 0 Å². The van der Waals surface area contributed by atoms with Crippen LogP contribution in [0.5, 0.6) is 0 Å². The molecule has 0 N–H and O–H groups in total. The van der Waals surface area contributed by atoms with Gasteiger partial charge in [0.2, 0.25) is 15.0 Å². The minimum atomic E-state index is -3.60. The molecule has 0 rings (SSSR count). The van der Waals surface area contributed by atoms with Gasteiger partial charge < -0.3 is 0 Å². The van der Waals surface area contributed by atoms with Gasteiger partial charge in [0.15, 0.2) is 0 Å². The summed E-state index contributed by atoms with van der Waals surface area (Å²) in [6.45, 7) is 4.00. The van der Waals surface area contributed by atoms with E-state index in [1.807, 2.05) is 0 Å². The van der Waals surface area contributed by atoms with E-state index < -0.39 is 15.0 Å². The molecule has 0 aromatic carbocycles. The maximum atomic E-state index is 11.7. The first kappa shape index (κ1) is 7.62. The third kappa shape index (κ3) is 1.61. The highest BCUT2D eigenvalue weighted by Gasteiger charge is 2.10. The summed E-state index contributed by atoms with van der Waals surface area (Å²) in [7, 11) is -3.60. The minimum absolute atomic E-state index is 0.220. The van der Waals surface area contributed by atoms with E-state index >= 15 is 0 Å². The Labute approximate surface area is 47.9 Å². The fraction of sp³-hybridized carbons (Fsp3) is 0.500. The van der Waals surface area contributed by atoms with Crippen LogP contribution in [-0.4, -0.2) is 14.2 Å². The van der Waals surface area contributed by atoms with Crippen LogP contribution in [0.15, 0.2) is 11.7 Å². The predicted octanol–water partition coefficient (Wildman–Crippen LogP) is 0.862. The second-order valence-electron chi connectivity index (χ2n) is 1.26. The van der Waals surface area contributed by atoms with Gasteiger partial charge in [-0.2, -0.15) is 4.39 Å². The average molecular weight is 138 g/mol. The smallest absolute Gasteiger partial charge is 0.207 e. The van der Waals surface area contributed by atoms with Crippen LogP contribution in [-0.2, 0) is 9.84 Å². The van der Waals surface area contributed by atoms with Crippen molar-refractivity contribution in [2.75, 3.05) is 5.75 Å². The first-order valence-electron chi connectivity index (χ1n) is 2.08. The summed E-state index contributed by atoms with van der Waals surface area (Å²) in [6, 6.07) is 0. The Kier molecular flexibility index (Phi) is 2.15. The van der Waals surface area contributed by atoms with Gasteiger partial charge in [-0.15, -0.1) is 0 Å². The Bertz CT molecular complexity index is 180. The zero-order valence-electron chi connectivity index (χ0n) is 4.52. The van der Waals surface area contributed by atoms with Gasteiger partial charge in [-0.3, -0.25) is 0 Å². The van der Waals surface area contributed by atoms with Crippen molar-refractivity contribution in [3.63, 3.8) is 0 Å². The highest BCUT2D eigenvalue weighted by Crippen LogP contribution is 2.03. The predicted molar refractivity (Wildman–Crippen MR) is 29.7 cm³/mol. The van der Waals surface area contributed by atoms with Crippen molar-refractivity contribution in [2.24, 2.45) is 0 Å². The summed E-state index contributed by atoms with van der Waals surface area (Å²) in [5, 5.41) is -1.25. The summed E-state index contributed by atoms with van der Waals surface area (Å²) in [5.74, 6) is -0.220. The molecule has 0 heterocycles. The van der Waals surface area contributed by atoms with E-state index in [4.69, 9.17) is 0 Å². The van der Waals surface area contributed by atoms with Crippen molar-refractivity contribution in [2.45, 2.75) is 6.92 Å². The van der Waals surface area contributed by atoms with Crippen LogP contribution in [0.2, 0.25) is 0 Å². The molecule has 0 saturated heterocycles. The number of halogens is 1. The molecule has 48 valence electrons. The van der Waals surface area contributed by atoms with Crippen LogP contribution in [0, 0.1) is 0 Å². The zero-order chi connectivity index (χ0) is 6.78. The fourth-order valence-electron chi connectivity index (χ4n) is 0.157. The summed E-state index contributed by atoms with van der Waals surface area (Å²) in [5.41, 5.74) is 0. The monoisotopic (exact) mass is 138 g/mol. The van der Waals surface area contributed by atoms with Gasteiger partial charge >= 0.3 is 0 Å². The lowest BCUT2D eigenvalue weighted by Crippen LogP contribution is -2.01. The molecule has 2 nitrogen and oxygen atoms in total. The SMILES string of the molecule is C=C(F)S(=O)(=O)CC. The molecule has 0 amide bonds. The van der Waals surface area contributed by atoms with Gasteiger partial charge in [-0.1, -0.05) is 13.5 Å². The third-order valence-corrected chi connectivity index (χ3v) is 2.15. The van der Waals surface area contributed by atoms with E-state index in [1.54, 1.807) is 0 Å². The molecule has 0 fully saturated rings. The second kappa shape index (κ2) is 2.26. The first-order chi connectivity index (χ1) is 3.50. The summed E-state index contributed by atoms with van der Waals surface area (Å²) in [6.07, 6.45) is 0. The van der Waals surface area contributed by atoms with E-state index in [9.17, 15) is 12.8 Å². The molecule has 0 unspecified atom stereocenters. The standard InChI is InChI=1S/C4H7FO2S/c1-3-8(6,7)4(2)5/h2-3H2,1H3. The van der Waals surface area contributed by atoms with E-state index in [0.29, 0.717) is 0 Å². The maximum Gasteiger partial charge on any atom is 0.207 e. The Morgan fingerprint density at radius 3 is 2.12 bits per heavy atom. The van der Waals surface area contributed by atoms with Crippen molar-refractivity contribution >= 4 is 9.84 Å². The summed E-state index contributed by atoms with van der Waals surface area (Å²) >= 11 is 0. The summed E-state index contributed by atoms with van der Waals surface area (Å²) < 4.78 is 32.1. The van der Waals surface area contributed by atoms with E-state index in [-0.39, 0.29) is 5.75 Å². The van der Waals surface area contributed by atoms with Crippen molar-refractivity contribution < 1.29 is 12.8 Å². The highest BCUT2D eigenvalue weighted by molar-refractivity contribution is 7.94. The van der Waals surface area contributed by atoms with Crippen LogP contribution in [0.25, 0.3) is 0 Å². The lowest BCUT2D eigenvalue weighted by Gasteiger charge is -1.90. The first-order valence-corrected chi connectivity index (χ1v) is 3.73. The van der Waals surface area contributed by atoms with E-state index in [1.165, 1.54) is 6.92 Å². The van der Waals surface area contributed by atoms with Crippen LogP contribution in [0.1, 0.15) is 6.92 Å². The third-order valence-electron chi connectivity index (χ3n) is 0.718. The quantitative estimate of drug-likeness (QED) is 0.567. The second-order valence-corrected chi connectivity index (χ2v) is 3.51. The van der Waals surface area contributed by atoms with Gasteiger partial charge in [0.25, 0.3) is 0 Å². The Hall–Kier alpha value is -0.380. The summed E-state index contributed by atoms with van der Waals surface area (Å²) in [4.78, 5) is 0. The Balaban J connectivity index is 4.42. The van der Waals surface area contributed by atoms with Crippen molar-refractivity contribution in [3.05, 3.63) is 11.7 Å². The molecule has 8 heavy (non-hydrogen) atoms. The largest absolute Gasteiger partial charge is 0.221 e. The van der Waals surface area contributed by atoms with Crippen LogP contribution >= 0.6 is 0 Å². The number of sulfone groups is 1. The van der Waals surface area contributed by atoms with Crippen LogP contribution in [0.4, 0.5) is 4.39 Å². The van der Waals surface area contributed by atoms with Gasteiger partial charge in [-0.05, 0) is 0 Å². The minimum Gasteiger partial charge on any atom is -0.221 e. The van der Waals surface area contributed by atoms with Crippen molar-refractivity contribution in [3.8, 4) is 0 Å². The molecule has 0 saturated carbocycles. The Morgan fingerprint density at radius 2 is 2.12 bits per heavy atom. The van der Waals surface area contributed by atoms with Crippen LogP contribution in [0.3, 0.4) is 0 Å². The number of rotatable bonds is 2. The molecule has 0 aliphatic carbocycles. The molecule has 0 atom stereocenters. The van der Waals surface area contributed by atoms with E-state index in [2.05, 4.69) is 6.58 Å². The molecular weight excluding hydrogens is 131 g/mol. The molecule has 0 aromatic rings. The average Bonchev–Trinajstić information content (AvgIpc) is 1.67. The topological polar surface area (TPSA) is 34.1 Å². The maximum absolute atomic E-state index is 11.7. The van der Waals surface area contributed by atoms with Gasteiger partial charge in [0.05, 0.1) is 5.75 Å². The molecule has 0 aliphatic heterocycles. The lowest BCUT2D eigenvalue weighted by molar-refractivity contribution is 0.579. The normalized spacial score (nSPS) is 11.2. The molecular formula is C4H7FO2S. The molecule has 0 aliphatic rings. The highest BCUT2D eigenvalue weighted by atomic mass is 32.2. The van der Waals surface area contributed by atoms with Gasteiger partial charge in [0, 0.05) is 0 Å². The molecule has 4 heteroatoms. The lowest BCUT2D eigenvalue weighted by atomic mass is 11.0. The van der Waals surface area contributed by atoms with Crippen molar-refractivity contribution in [1.29, 1.82) is 0 Å². The van der Waals surface area contributed by atoms with Gasteiger partial charge in [-0.25, -0.2) is 8.42 Å².